The Morgan fingerprint density at radius 1 is 1.42 bits per heavy atom. The average molecular weight is 263 g/mol. The molecule has 0 radical (unpaired) electrons. The molecule has 0 saturated carbocycles. The van der Waals surface area contributed by atoms with Crippen LogP contribution < -0.4 is 10.1 Å². The Balaban J connectivity index is 2.15. The van der Waals surface area contributed by atoms with E-state index in [0.29, 0.717) is 12.6 Å². The Hall–Kier alpha value is -1.06. The van der Waals surface area contributed by atoms with Crippen LogP contribution in [0.5, 0.6) is 5.75 Å². The Labute approximate surface area is 116 Å². The standard InChI is InChI=1S/C16H25NO2/c1-4-17-15-9-5-8-14-13(15)7-6-10-16(14)19-11-12(2)18-3/h6-7,10,12,15,17H,4-5,8-9,11H2,1-3H3. The predicted molar refractivity (Wildman–Crippen MR) is 77.8 cm³/mol. The van der Waals surface area contributed by atoms with Gasteiger partial charge in [-0.1, -0.05) is 19.1 Å². The van der Waals surface area contributed by atoms with Gasteiger partial charge >= 0.3 is 0 Å². The second-order valence-corrected chi connectivity index (χ2v) is 5.18. The fraction of sp³-hybridized carbons (Fsp3) is 0.625. The van der Waals surface area contributed by atoms with Crippen molar-refractivity contribution in [3.63, 3.8) is 0 Å². The van der Waals surface area contributed by atoms with Crippen molar-refractivity contribution in [3.8, 4) is 5.75 Å². The minimum Gasteiger partial charge on any atom is -0.491 e. The molecule has 1 N–H and O–H groups in total. The van der Waals surface area contributed by atoms with E-state index < -0.39 is 0 Å². The van der Waals surface area contributed by atoms with Gasteiger partial charge in [0.1, 0.15) is 12.4 Å². The fourth-order valence-corrected chi connectivity index (χ4v) is 2.68. The maximum Gasteiger partial charge on any atom is 0.122 e. The average Bonchev–Trinajstić information content (AvgIpc) is 2.45. The highest BCUT2D eigenvalue weighted by Gasteiger charge is 2.22. The Bertz CT molecular complexity index is 406. The van der Waals surface area contributed by atoms with Gasteiger partial charge in [-0.3, -0.25) is 0 Å². The SMILES string of the molecule is CCNC1CCCc2c(OCC(C)OC)cccc21. The zero-order valence-corrected chi connectivity index (χ0v) is 12.2. The van der Waals surface area contributed by atoms with Gasteiger partial charge in [-0.15, -0.1) is 0 Å². The molecule has 0 amide bonds. The summed E-state index contributed by atoms with van der Waals surface area (Å²) in [4.78, 5) is 0. The monoisotopic (exact) mass is 263 g/mol. The number of rotatable bonds is 6. The van der Waals surface area contributed by atoms with E-state index in [9.17, 15) is 0 Å². The molecule has 0 bridgehead atoms. The molecule has 0 saturated heterocycles. The summed E-state index contributed by atoms with van der Waals surface area (Å²) in [5.74, 6) is 1.03. The summed E-state index contributed by atoms with van der Waals surface area (Å²) in [7, 11) is 1.72. The van der Waals surface area contributed by atoms with Gasteiger partial charge < -0.3 is 14.8 Å². The Morgan fingerprint density at radius 3 is 3.00 bits per heavy atom. The van der Waals surface area contributed by atoms with E-state index >= 15 is 0 Å². The zero-order chi connectivity index (χ0) is 13.7. The topological polar surface area (TPSA) is 30.5 Å². The van der Waals surface area contributed by atoms with Crippen LogP contribution in [0.2, 0.25) is 0 Å². The third kappa shape index (κ3) is 3.48. The molecule has 0 heterocycles. The summed E-state index contributed by atoms with van der Waals surface area (Å²) >= 11 is 0. The van der Waals surface area contributed by atoms with Crippen LogP contribution in [-0.2, 0) is 11.2 Å². The lowest BCUT2D eigenvalue weighted by Crippen LogP contribution is -2.25. The van der Waals surface area contributed by atoms with E-state index in [1.807, 2.05) is 6.92 Å². The van der Waals surface area contributed by atoms with Crippen molar-refractivity contribution >= 4 is 0 Å². The van der Waals surface area contributed by atoms with Gasteiger partial charge in [0.2, 0.25) is 0 Å². The summed E-state index contributed by atoms with van der Waals surface area (Å²) in [6.07, 6.45) is 3.70. The van der Waals surface area contributed by atoms with Crippen LogP contribution in [-0.4, -0.2) is 26.4 Å². The number of ether oxygens (including phenoxy) is 2. The van der Waals surface area contributed by atoms with Crippen molar-refractivity contribution in [2.24, 2.45) is 0 Å². The minimum atomic E-state index is 0.129. The lowest BCUT2D eigenvalue weighted by Gasteiger charge is -2.28. The molecule has 1 aromatic rings. The molecule has 1 aliphatic rings. The van der Waals surface area contributed by atoms with Crippen molar-refractivity contribution in [1.82, 2.24) is 5.32 Å². The van der Waals surface area contributed by atoms with Gasteiger partial charge in [-0.25, -0.2) is 0 Å². The minimum absolute atomic E-state index is 0.129. The lowest BCUT2D eigenvalue weighted by molar-refractivity contribution is 0.0711. The first-order valence-electron chi connectivity index (χ1n) is 7.27. The Morgan fingerprint density at radius 2 is 2.26 bits per heavy atom. The summed E-state index contributed by atoms with van der Waals surface area (Å²) in [5, 5.41) is 3.56. The first kappa shape index (κ1) is 14.4. The van der Waals surface area contributed by atoms with Gasteiger partial charge in [0.15, 0.2) is 0 Å². The molecule has 0 aliphatic heterocycles. The molecular formula is C16H25NO2. The highest BCUT2D eigenvalue weighted by Crippen LogP contribution is 2.35. The van der Waals surface area contributed by atoms with Crippen molar-refractivity contribution in [2.75, 3.05) is 20.3 Å². The number of nitrogens with one attached hydrogen (secondary N) is 1. The van der Waals surface area contributed by atoms with Crippen molar-refractivity contribution in [3.05, 3.63) is 29.3 Å². The van der Waals surface area contributed by atoms with E-state index in [0.717, 1.165) is 18.7 Å². The highest BCUT2D eigenvalue weighted by atomic mass is 16.5. The van der Waals surface area contributed by atoms with Crippen LogP contribution >= 0.6 is 0 Å². The van der Waals surface area contributed by atoms with E-state index in [-0.39, 0.29) is 6.10 Å². The summed E-state index contributed by atoms with van der Waals surface area (Å²) < 4.78 is 11.2. The van der Waals surface area contributed by atoms with Crippen LogP contribution in [0.15, 0.2) is 18.2 Å². The molecule has 2 unspecified atom stereocenters. The molecule has 3 heteroatoms. The molecule has 0 fully saturated rings. The van der Waals surface area contributed by atoms with E-state index in [4.69, 9.17) is 9.47 Å². The number of benzene rings is 1. The van der Waals surface area contributed by atoms with Crippen LogP contribution in [0.4, 0.5) is 0 Å². The third-order valence-electron chi connectivity index (χ3n) is 3.79. The van der Waals surface area contributed by atoms with Crippen molar-refractivity contribution < 1.29 is 9.47 Å². The van der Waals surface area contributed by atoms with E-state index in [2.05, 4.69) is 30.4 Å². The molecular weight excluding hydrogens is 238 g/mol. The van der Waals surface area contributed by atoms with Gasteiger partial charge in [0.25, 0.3) is 0 Å². The largest absolute Gasteiger partial charge is 0.491 e. The highest BCUT2D eigenvalue weighted by molar-refractivity contribution is 5.43. The lowest BCUT2D eigenvalue weighted by atomic mass is 9.87. The number of hydrogen-bond acceptors (Lipinski definition) is 3. The van der Waals surface area contributed by atoms with Crippen LogP contribution in [0.25, 0.3) is 0 Å². The second kappa shape index (κ2) is 6.92. The predicted octanol–water partition coefficient (Wildman–Crippen LogP) is 3.09. The molecule has 3 nitrogen and oxygen atoms in total. The summed E-state index contributed by atoms with van der Waals surface area (Å²) in [6, 6.07) is 6.89. The molecule has 19 heavy (non-hydrogen) atoms. The van der Waals surface area contributed by atoms with Crippen LogP contribution in [0.1, 0.15) is 43.9 Å². The molecule has 1 aromatic carbocycles. The first-order chi connectivity index (χ1) is 9.26. The number of hydrogen-bond donors (Lipinski definition) is 1. The molecule has 0 spiro atoms. The summed E-state index contributed by atoms with van der Waals surface area (Å²) in [6.45, 7) is 5.81. The van der Waals surface area contributed by atoms with Gasteiger partial charge in [0, 0.05) is 13.2 Å². The first-order valence-corrected chi connectivity index (χ1v) is 7.27. The maximum absolute atomic E-state index is 5.93. The van der Waals surface area contributed by atoms with Crippen LogP contribution in [0.3, 0.4) is 0 Å². The number of methoxy groups -OCH3 is 1. The van der Waals surface area contributed by atoms with E-state index in [1.165, 1.54) is 24.0 Å². The third-order valence-corrected chi connectivity index (χ3v) is 3.79. The quantitative estimate of drug-likeness (QED) is 0.855. The normalized spacial score (nSPS) is 19.8. The Kier molecular flexibility index (Phi) is 5.23. The van der Waals surface area contributed by atoms with Crippen molar-refractivity contribution in [1.29, 1.82) is 0 Å². The maximum atomic E-state index is 5.93. The van der Waals surface area contributed by atoms with E-state index in [1.54, 1.807) is 7.11 Å². The van der Waals surface area contributed by atoms with Gasteiger partial charge in [-0.2, -0.15) is 0 Å². The molecule has 2 atom stereocenters. The van der Waals surface area contributed by atoms with Crippen molar-refractivity contribution in [2.45, 2.75) is 45.3 Å². The van der Waals surface area contributed by atoms with Gasteiger partial charge in [0.05, 0.1) is 6.10 Å². The van der Waals surface area contributed by atoms with Gasteiger partial charge in [-0.05, 0) is 49.9 Å². The fourth-order valence-electron chi connectivity index (χ4n) is 2.68. The zero-order valence-electron chi connectivity index (χ0n) is 12.2. The number of fused-ring (bicyclic) bond motifs is 1. The smallest absolute Gasteiger partial charge is 0.122 e. The molecule has 2 rings (SSSR count). The van der Waals surface area contributed by atoms with Crippen LogP contribution in [0, 0.1) is 0 Å². The molecule has 1 aliphatic carbocycles. The summed E-state index contributed by atoms with van der Waals surface area (Å²) in [5.41, 5.74) is 2.79. The second-order valence-electron chi connectivity index (χ2n) is 5.18. The molecule has 0 aromatic heterocycles. The molecule has 106 valence electrons.